The first-order valence-corrected chi connectivity index (χ1v) is 8.98. The van der Waals surface area contributed by atoms with E-state index in [2.05, 4.69) is 5.32 Å². The Balaban J connectivity index is 1.74. The summed E-state index contributed by atoms with van der Waals surface area (Å²) in [7, 11) is 1.43. The van der Waals surface area contributed by atoms with Gasteiger partial charge in [-0.3, -0.25) is 4.79 Å². The summed E-state index contributed by atoms with van der Waals surface area (Å²) in [5.41, 5.74) is 0.859. The molecule has 1 aromatic heterocycles. The first-order chi connectivity index (χ1) is 14.6. The molecule has 150 valence electrons. The third-order valence-corrected chi connectivity index (χ3v) is 4.08. The lowest BCUT2D eigenvalue weighted by molar-refractivity contribution is -0.117. The van der Waals surface area contributed by atoms with E-state index >= 15 is 0 Å². The third-order valence-electron chi connectivity index (χ3n) is 4.08. The van der Waals surface area contributed by atoms with Crippen LogP contribution in [0.1, 0.15) is 21.7 Å². The molecule has 2 aromatic carbocycles. The molecule has 0 spiro atoms. The standard InChI is InChI=1S/C23H18N2O5/c1-28-21-13-16(9-10-20(21)30-23(27)17-6-3-2-4-7-17)12-18(14-24)22(26)25-15-19-8-5-11-29-19/h2-13H,15H2,1H3,(H,25,26)/b18-12+. The van der Waals surface area contributed by atoms with E-state index in [1.165, 1.54) is 19.4 Å². The van der Waals surface area contributed by atoms with E-state index in [1.807, 2.05) is 6.07 Å². The van der Waals surface area contributed by atoms with Crippen molar-refractivity contribution in [2.75, 3.05) is 7.11 Å². The Morgan fingerprint density at radius 3 is 2.57 bits per heavy atom. The predicted molar refractivity (Wildman–Crippen MR) is 109 cm³/mol. The van der Waals surface area contributed by atoms with Crippen LogP contribution in [-0.4, -0.2) is 19.0 Å². The summed E-state index contributed by atoms with van der Waals surface area (Å²) in [6.45, 7) is 0.169. The molecule has 3 aromatic rings. The summed E-state index contributed by atoms with van der Waals surface area (Å²) in [4.78, 5) is 24.5. The zero-order valence-corrected chi connectivity index (χ0v) is 16.1. The molecule has 0 atom stereocenters. The lowest BCUT2D eigenvalue weighted by Crippen LogP contribution is -2.23. The van der Waals surface area contributed by atoms with Crippen LogP contribution in [-0.2, 0) is 11.3 Å². The Morgan fingerprint density at radius 2 is 1.90 bits per heavy atom. The van der Waals surface area contributed by atoms with Crippen molar-refractivity contribution in [3.8, 4) is 17.6 Å². The van der Waals surface area contributed by atoms with Crippen LogP contribution in [0.3, 0.4) is 0 Å². The molecule has 0 radical (unpaired) electrons. The van der Waals surface area contributed by atoms with Gasteiger partial charge in [-0.1, -0.05) is 24.3 Å². The predicted octanol–water partition coefficient (Wildman–Crippen LogP) is 3.73. The second-order valence-corrected chi connectivity index (χ2v) is 6.10. The molecule has 30 heavy (non-hydrogen) atoms. The van der Waals surface area contributed by atoms with Crippen molar-refractivity contribution >= 4 is 18.0 Å². The lowest BCUT2D eigenvalue weighted by Gasteiger charge is -2.10. The Morgan fingerprint density at radius 1 is 1.10 bits per heavy atom. The van der Waals surface area contributed by atoms with Gasteiger partial charge in [0.25, 0.3) is 5.91 Å². The Bertz CT molecular complexity index is 1100. The Labute approximate surface area is 173 Å². The molecule has 1 heterocycles. The Hall–Kier alpha value is -4.31. The summed E-state index contributed by atoms with van der Waals surface area (Å²) in [6, 6.07) is 18.6. The zero-order valence-electron chi connectivity index (χ0n) is 16.1. The van der Waals surface area contributed by atoms with E-state index in [-0.39, 0.29) is 17.9 Å². The molecule has 0 saturated carbocycles. The molecule has 0 unspecified atom stereocenters. The van der Waals surface area contributed by atoms with E-state index in [9.17, 15) is 14.9 Å². The maximum absolute atomic E-state index is 12.3. The van der Waals surface area contributed by atoms with Gasteiger partial charge in [-0.05, 0) is 48.0 Å². The van der Waals surface area contributed by atoms with Gasteiger partial charge in [0, 0.05) is 0 Å². The van der Waals surface area contributed by atoms with Crippen LogP contribution >= 0.6 is 0 Å². The largest absolute Gasteiger partial charge is 0.493 e. The van der Waals surface area contributed by atoms with Gasteiger partial charge in [0.15, 0.2) is 11.5 Å². The number of furan rings is 1. The zero-order chi connectivity index (χ0) is 21.3. The normalized spacial score (nSPS) is 10.7. The van der Waals surface area contributed by atoms with E-state index < -0.39 is 11.9 Å². The molecule has 3 rings (SSSR count). The fourth-order valence-corrected chi connectivity index (χ4v) is 2.58. The van der Waals surface area contributed by atoms with Crippen molar-refractivity contribution in [1.82, 2.24) is 5.32 Å². The summed E-state index contributed by atoms with van der Waals surface area (Å²) in [5, 5.41) is 12.0. The summed E-state index contributed by atoms with van der Waals surface area (Å²) < 4.78 is 15.8. The quantitative estimate of drug-likeness (QED) is 0.280. The van der Waals surface area contributed by atoms with Gasteiger partial charge in [-0.15, -0.1) is 0 Å². The molecule has 0 fully saturated rings. The number of rotatable bonds is 7. The first kappa shape index (κ1) is 20.4. The minimum atomic E-state index is -0.535. The third kappa shape index (κ3) is 5.14. The van der Waals surface area contributed by atoms with Crippen LogP contribution in [0.5, 0.6) is 11.5 Å². The highest BCUT2D eigenvalue weighted by Crippen LogP contribution is 2.29. The van der Waals surface area contributed by atoms with Crippen LogP contribution < -0.4 is 14.8 Å². The van der Waals surface area contributed by atoms with E-state index in [0.717, 1.165) is 0 Å². The minimum Gasteiger partial charge on any atom is -0.493 e. The van der Waals surface area contributed by atoms with Crippen molar-refractivity contribution < 1.29 is 23.5 Å². The number of nitrogens with one attached hydrogen (secondary N) is 1. The van der Waals surface area contributed by atoms with E-state index in [4.69, 9.17) is 13.9 Å². The van der Waals surface area contributed by atoms with Gasteiger partial charge in [-0.25, -0.2) is 4.79 Å². The number of esters is 1. The fraction of sp³-hybridized carbons (Fsp3) is 0.0870. The fourth-order valence-electron chi connectivity index (χ4n) is 2.58. The summed E-state index contributed by atoms with van der Waals surface area (Å²) in [6.07, 6.45) is 2.92. The van der Waals surface area contributed by atoms with Gasteiger partial charge in [-0.2, -0.15) is 5.26 Å². The van der Waals surface area contributed by atoms with Crippen LogP contribution in [0.25, 0.3) is 6.08 Å². The smallest absolute Gasteiger partial charge is 0.343 e. The SMILES string of the molecule is COc1cc(/C=C(\C#N)C(=O)NCc2ccco2)ccc1OC(=O)c1ccccc1. The van der Waals surface area contributed by atoms with E-state index in [1.54, 1.807) is 60.7 Å². The van der Waals surface area contributed by atoms with Gasteiger partial charge in [0.05, 0.1) is 25.5 Å². The Kier molecular flexibility index (Phi) is 6.64. The molecular formula is C23H18N2O5. The highest BCUT2D eigenvalue weighted by atomic mass is 16.6. The first-order valence-electron chi connectivity index (χ1n) is 8.98. The van der Waals surface area contributed by atoms with Crippen molar-refractivity contribution in [3.05, 3.63) is 89.4 Å². The molecule has 0 aliphatic carbocycles. The van der Waals surface area contributed by atoms with Crippen LogP contribution in [0.15, 0.2) is 76.9 Å². The molecule has 0 aliphatic rings. The second-order valence-electron chi connectivity index (χ2n) is 6.10. The van der Waals surface area contributed by atoms with E-state index in [0.29, 0.717) is 22.6 Å². The molecule has 7 nitrogen and oxygen atoms in total. The lowest BCUT2D eigenvalue weighted by atomic mass is 10.1. The highest BCUT2D eigenvalue weighted by molar-refractivity contribution is 6.01. The average molecular weight is 402 g/mol. The minimum absolute atomic E-state index is 0.0855. The maximum Gasteiger partial charge on any atom is 0.343 e. The average Bonchev–Trinajstić information content (AvgIpc) is 3.31. The molecule has 0 bridgehead atoms. The van der Waals surface area contributed by atoms with Gasteiger partial charge < -0.3 is 19.2 Å². The van der Waals surface area contributed by atoms with Crippen molar-refractivity contribution in [1.29, 1.82) is 5.26 Å². The molecule has 7 heteroatoms. The summed E-state index contributed by atoms with van der Waals surface area (Å²) >= 11 is 0. The van der Waals surface area contributed by atoms with Gasteiger partial charge >= 0.3 is 5.97 Å². The van der Waals surface area contributed by atoms with Gasteiger partial charge in [0.2, 0.25) is 0 Å². The molecule has 1 N–H and O–H groups in total. The summed E-state index contributed by atoms with van der Waals surface area (Å²) in [5.74, 6) is 0.0390. The number of carbonyl (C=O) groups excluding carboxylic acids is 2. The molecular weight excluding hydrogens is 384 g/mol. The topological polar surface area (TPSA) is 102 Å². The number of nitrogens with zero attached hydrogens (tertiary/aromatic N) is 1. The van der Waals surface area contributed by atoms with Crippen LogP contribution in [0.4, 0.5) is 0 Å². The number of amides is 1. The number of methoxy groups -OCH3 is 1. The van der Waals surface area contributed by atoms with Crippen molar-refractivity contribution in [2.24, 2.45) is 0 Å². The van der Waals surface area contributed by atoms with Gasteiger partial charge in [0.1, 0.15) is 17.4 Å². The molecule has 1 amide bonds. The molecule has 0 saturated heterocycles. The number of ether oxygens (including phenoxy) is 2. The highest BCUT2D eigenvalue weighted by Gasteiger charge is 2.14. The number of nitriles is 1. The molecule has 0 aliphatic heterocycles. The number of benzene rings is 2. The maximum atomic E-state index is 12.3. The number of carbonyl (C=O) groups is 2. The second kappa shape index (κ2) is 9.75. The van der Waals surface area contributed by atoms with Crippen LogP contribution in [0.2, 0.25) is 0 Å². The number of hydrogen-bond acceptors (Lipinski definition) is 6. The van der Waals surface area contributed by atoms with Crippen LogP contribution in [0, 0.1) is 11.3 Å². The van der Waals surface area contributed by atoms with Crippen molar-refractivity contribution in [3.63, 3.8) is 0 Å². The number of hydrogen-bond donors (Lipinski definition) is 1. The monoisotopic (exact) mass is 402 g/mol. The van der Waals surface area contributed by atoms with Crippen molar-refractivity contribution in [2.45, 2.75) is 6.54 Å².